The van der Waals surface area contributed by atoms with Gasteiger partial charge in [0.05, 0.1) is 10.7 Å². The fraction of sp³-hybridized carbons (Fsp3) is 0.333. The Labute approximate surface area is 110 Å². The number of amides is 2. The van der Waals surface area contributed by atoms with Gasteiger partial charge in [0.1, 0.15) is 0 Å². The number of halogens is 1. The van der Waals surface area contributed by atoms with Crippen LogP contribution in [0.3, 0.4) is 0 Å². The minimum atomic E-state index is -0.777. The molecule has 0 heterocycles. The highest BCUT2D eigenvalue weighted by atomic mass is 35.5. The van der Waals surface area contributed by atoms with Gasteiger partial charge >= 0.3 is 11.8 Å². The average molecular weight is 271 g/mol. The SMILES string of the molecule is Cc1ccc(Cl)c(NC(=O)C(=O)NCCCO)c1. The second-order valence-electron chi connectivity index (χ2n) is 3.77. The van der Waals surface area contributed by atoms with Gasteiger partial charge in [0.25, 0.3) is 0 Å². The number of hydrogen-bond donors (Lipinski definition) is 3. The Bertz CT molecular complexity index is 449. The Kier molecular flexibility index (Phi) is 5.61. The van der Waals surface area contributed by atoms with E-state index in [-0.39, 0.29) is 13.2 Å². The highest BCUT2D eigenvalue weighted by Gasteiger charge is 2.14. The molecule has 1 aromatic carbocycles. The first-order chi connectivity index (χ1) is 8.54. The van der Waals surface area contributed by atoms with Crippen molar-refractivity contribution in [3.63, 3.8) is 0 Å². The summed E-state index contributed by atoms with van der Waals surface area (Å²) in [7, 11) is 0. The molecule has 1 rings (SSSR count). The second-order valence-corrected chi connectivity index (χ2v) is 4.18. The molecule has 0 saturated heterocycles. The largest absolute Gasteiger partial charge is 0.396 e. The zero-order chi connectivity index (χ0) is 13.5. The summed E-state index contributed by atoms with van der Waals surface area (Å²) >= 11 is 5.89. The van der Waals surface area contributed by atoms with Gasteiger partial charge < -0.3 is 15.7 Å². The van der Waals surface area contributed by atoms with Crippen LogP contribution < -0.4 is 10.6 Å². The molecule has 2 amide bonds. The van der Waals surface area contributed by atoms with E-state index in [1.807, 2.05) is 6.92 Å². The van der Waals surface area contributed by atoms with Crippen LogP contribution >= 0.6 is 11.6 Å². The van der Waals surface area contributed by atoms with Gasteiger partial charge in [0.2, 0.25) is 0 Å². The van der Waals surface area contributed by atoms with Crippen molar-refractivity contribution in [2.24, 2.45) is 0 Å². The Balaban J connectivity index is 2.58. The van der Waals surface area contributed by atoms with E-state index in [9.17, 15) is 9.59 Å². The van der Waals surface area contributed by atoms with Crippen LogP contribution in [0.5, 0.6) is 0 Å². The van der Waals surface area contributed by atoms with Crippen LogP contribution in [0.2, 0.25) is 5.02 Å². The monoisotopic (exact) mass is 270 g/mol. The van der Waals surface area contributed by atoms with Crippen molar-refractivity contribution in [1.29, 1.82) is 0 Å². The molecular weight excluding hydrogens is 256 g/mol. The van der Waals surface area contributed by atoms with E-state index in [1.165, 1.54) is 0 Å². The number of carbonyl (C=O) groups is 2. The van der Waals surface area contributed by atoms with Crippen LogP contribution in [0.15, 0.2) is 18.2 Å². The predicted molar refractivity (Wildman–Crippen MR) is 69.5 cm³/mol. The molecule has 0 spiro atoms. The number of nitrogens with one attached hydrogen (secondary N) is 2. The van der Waals surface area contributed by atoms with E-state index < -0.39 is 11.8 Å². The van der Waals surface area contributed by atoms with Crippen molar-refractivity contribution in [3.05, 3.63) is 28.8 Å². The van der Waals surface area contributed by atoms with Crippen molar-refractivity contribution in [2.75, 3.05) is 18.5 Å². The van der Waals surface area contributed by atoms with E-state index >= 15 is 0 Å². The van der Waals surface area contributed by atoms with Crippen molar-refractivity contribution in [3.8, 4) is 0 Å². The summed E-state index contributed by atoms with van der Waals surface area (Å²) in [6, 6.07) is 5.14. The van der Waals surface area contributed by atoms with E-state index in [0.29, 0.717) is 17.1 Å². The molecule has 6 heteroatoms. The minimum Gasteiger partial charge on any atom is -0.396 e. The van der Waals surface area contributed by atoms with Crippen LogP contribution in [0.25, 0.3) is 0 Å². The molecule has 0 aliphatic rings. The maximum atomic E-state index is 11.5. The summed E-state index contributed by atoms with van der Waals surface area (Å²) < 4.78 is 0. The van der Waals surface area contributed by atoms with Crippen molar-refractivity contribution < 1.29 is 14.7 Å². The highest BCUT2D eigenvalue weighted by Crippen LogP contribution is 2.22. The van der Waals surface area contributed by atoms with Crippen LogP contribution in [0.4, 0.5) is 5.69 Å². The zero-order valence-electron chi connectivity index (χ0n) is 10.00. The van der Waals surface area contributed by atoms with Gasteiger partial charge in [-0.1, -0.05) is 17.7 Å². The topological polar surface area (TPSA) is 78.4 Å². The molecular formula is C12H15ClN2O3. The first-order valence-electron chi connectivity index (χ1n) is 5.51. The lowest BCUT2D eigenvalue weighted by Gasteiger charge is -2.08. The normalized spacial score (nSPS) is 9.94. The van der Waals surface area contributed by atoms with Gasteiger partial charge in [-0.05, 0) is 31.0 Å². The lowest BCUT2D eigenvalue weighted by molar-refractivity contribution is -0.136. The fourth-order valence-electron chi connectivity index (χ4n) is 1.28. The molecule has 0 atom stereocenters. The summed E-state index contributed by atoms with van der Waals surface area (Å²) in [5.41, 5.74) is 1.33. The fourth-order valence-corrected chi connectivity index (χ4v) is 1.44. The predicted octanol–water partition coefficient (Wildman–Crippen LogP) is 1.09. The van der Waals surface area contributed by atoms with E-state index in [1.54, 1.807) is 18.2 Å². The zero-order valence-corrected chi connectivity index (χ0v) is 10.8. The molecule has 1 aromatic rings. The molecule has 0 aliphatic carbocycles. The third-order valence-corrected chi connectivity index (χ3v) is 2.53. The first kappa shape index (κ1) is 14.5. The first-order valence-corrected chi connectivity index (χ1v) is 5.88. The van der Waals surface area contributed by atoms with Crippen molar-refractivity contribution >= 4 is 29.1 Å². The van der Waals surface area contributed by atoms with Gasteiger partial charge in [0, 0.05) is 13.2 Å². The van der Waals surface area contributed by atoms with Crippen molar-refractivity contribution in [2.45, 2.75) is 13.3 Å². The van der Waals surface area contributed by atoms with Crippen LogP contribution in [0.1, 0.15) is 12.0 Å². The summed E-state index contributed by atoms with van der Waals surface area (Å²) in [6.45, 7) is 2.07. The molecule has 0 aliphatic heterocycles. The third kappa shape index (κ3) is 4.35. The molecule has 3 N–H and O–H groups in total. The Morgan fingerprint density at radius 1 is 1.33 bits per heavy atom. The molecule has 0 unspecified atom stereocenters. The van der Waals surface area contributed by atoms with Crippen LogP contribution in [-0.2, 0) is 9.59 Å². The van der Waals surface area contributed by atoms with Crippen LogP contribution in [0, 0.1) is 6.92 Å². The number of carbonyl (C=O) groups excluding carboxylic acids is 2. The number of aliphatic hydroxyl groups is 1. The Morgan fingerprint density at radius 3 is 2.72 bits per heavy atom. The summed E-state index contributed by atoms with van der Waals surface area (Å²) in [4.78, 5) is 22.9. The molecule has 0 fully saturated rings. The molecule has 0 saturated carbocycles. The van der Waals surface area contributed by atoms with Crippen LogP contribution in [-0.4, -0.2) is 30.1 Å². The maximum Gasteiger partial charge on any atom is 0.313 e. The summed E-state index contributed by atoms with van der Waals surface area (Å²) in [6.07, 6.45) is 0.407. The number of anilines is 1. The minimum absolute atomic E-state index is 0.0361. The number of benzene rings is 1. The standard InChI is InChI=1S/C12H15ClN2O3/c1-8-3-4-9(13)10(7-8)15-12(18)11(17)14-5-2-6-16/h3-4,7,16H,2,5-6H2,1H3,(H,14,17)(H,15,18). The number of aryl methyl sites for hydroxylation is 1. The average Bonchev–Trinajstić information content (AvgIpc) is 2.34. The molecule has 98 valence electrons. The maximum absolute atomic E-state index is 11.5. The highest BCUT2D eigenvalue weighted by molar-refractivity contribution is 6.41. The number of rotatable bonds is 4. The van der Waals surface area contributed by atoms with Gasteiger partial charge in [-0.15, -0.1) is 0 Å². The van der Waals surface area contributed by atoms with E-state index in [4.69, 9.17) is 16.7 Å². The van der Waals surface area contributed by atoms with E-state index in [2.05, 4.69) is 10.6 Å². The lowest BCUT2D eigenvalue weighted by Crippen LogP contribution is -2.36. The second kappa shape index (κ2) is 6.98. The molecule has 0 aromatic heterocycles. The summed E-state index contributed by atoms with van der Waals surface area (Å²) in [5, 5.41) is 13.7. The van der Waals surface area contributed by atoms with Gasteiger partial charge in [0.15, 0.2) is 0 Å². The third-order valence-electron chi connectivity index (χ3n) is 2.20. The summed E-state index contributed by atoms with van der Waals surface area (Å²) in [5.74, 6) is -1.53. The van der Waals surface area contributed by atoms with Crippen molar-refractivity contribution in [1.82, 2.24) is 5.32 Å². The number of aliphatic hydroxyl groups excluding tert-OH is 1. The van der Waals surface area contributed by atoms with E-state index in [0.717, 1.165) is 5.56 Å². The van der Waals surface area contributed by atoms with Gasteiger partial charge in [-0.2, -0.15) is 0 Å². The molecule has 5 nitrogen and oxygen atoms in total. The molecule has 0 radical (unpaired) electrons. The molecule has 0 bridgehead atoms. The lowest BCUT2D eigenvalue weighted by atomic mass is 10.2. The Hall–Kier alpha value is -1.59. The smallest absolute Gasteiger partial charge is 0.313 e. The van der Waals surface area contributed by atoms with Gasteiger partial charge in [-0.25, -0.2) is 0 Å². The number of hydrogen-bond acceptors (Lipinski definition) is 3. The molecule has 18 heavy (non-hydrogen) atoms. The Morgan fingerprint density at radius 2 is 2.06 bits per heavy atom. The van der Waals surface area contributed by atoms with Gasteiger partial charge in [-0.3, -0.25) is 9.59 Å². The quantitative estimate of drug-likeness (QED) is 0.566.